The van der Waals surface area contributed by atoms with Crippen molar-refractivity contribution in [2.75, 3.05) is 0 Å². The Hall–Kier alpha value is -2.49. The van der Waals surface area contributed by atoms with Crippen LogP contribution in [-0.4, -0.2) is 17.6 Å². The van der Waals surface area contributed by atoms with E-state index in [4.69, 9.17) is 9.47 Å². The summed E-state index contributed by atoms with van der Waals surface area (Å²) in [4.78, 5) is 12.8. The first-order valence-corrected chi connectivity index (χ1v) is 9.48. The third-order valence-electron chi connectivity index (χ3n) is 4.82. The number of carbonyl (C=O) groups is 1. The molecule has 27 heavy (non-hydrogen) atoms. The lowest BCUT2D eigenvalue weighted by atomic mass is 9.89. The fourth-order valence-electron chi connectivity index (χ4n) is 3.65. The second-order valence-corrected chi connectivity index (χ2v) is 8.25. The zero-order valence-electron chi connectivity index (χ0n) is 17.1. The number of amides is 1. The van der Waals surface area contributed by atoms with Gasteiger partial charge >= 0.3 is 0 Å². The monoisotopic (exact) mass is 367 g/mol. The van der Waals surface area contributed by atoms with E-state index in [2.05, 4.69) is 17.4 Å². The molecular formula is C23H29NO3. The van der Waals surface area contributed by atoms with Crippen LogP contribution in [0.2, 0.25) is 0 Å². The summed E-state index contributed by atoms with van der Waals surface area (Å²) >= 11 is 0. The number of benzene rings is 2. The van der Waals surface area contributed by atoms with Crippen LogP contribution in [0.1, 0.15) is 55.5 Å². The standard InChI is InChI=1S/C23H29NO3/c1-14-7-8-21-19(12-14)20(13-23(5,6)27-21)24-22(25)17(4)26-18-10-15(2)9-16(3)11-18/h7-12,17,20H,13H2,1-6H3,(H,24,25)/t17-,20-/m1/s1. The molecule has 1 aliphatic heterocycles. The Morgan fingerprint density at radius 3 is 2.44 bits per heavy atom. The average Bonchev–Trinajstić information content (AvgIpc) is 2.53. The molecule has 2 atom stereocenters. The molecule has 0 bridgehead atoms. The summed E-state index contributed by atoms with van der Waals surface area (Å²) in [6, 6.07) is 12.0. The summed E-state index contributed by atoms with van der Waals surface area (Å²) in [5.41, 5.74) is 4.08. The van der Waals surface area contributed by atoms with Crippen molar-refractivity contribution in [1.29, 1.82) is 0 Å². The molecular weight excluding hydrogens is 338 g/mol. The second kappa shape index (κ2) is 7.26. The van der Waals surface area contributed by atoms with E-state index in [9.17, 15) is 4.79 Å². The smallest absolute Gasteiger partial charge is 0.261 e. The van der Waals surface area contributed by atoms with Crippen LogP contribution >= 0.6 is 0 Å². The summed E-state index contributed by atoms with van der Waals surface area (Å²) < 4.78 is 12.0. The van der Waals surface area contributed by atoms with E-state index in [1.54, 1.807) is 6.92 Å². The van der Waals surface area contributed by atoms with Crippen molar-refractivity contribution in [3.8, 4) is 11.5 Å². The number of fused-ring (bicyclic) bond motifs is 1. The largest absolute Gasteiger partial charge is 0.487 e. The molecule has 0 aromatic heterocycles. The summed E-state index contributed by atoms with van der Waals surface area (Å²) in [7, 11) is 0. The van der Waals surface area contributed by atoms with Gasteiger partial charge < -0.3 is 14.8 Å². The van der Waals surface area contributed by atoms with Gasteiger partial charge in [-0.3, -0.25) is 4.79 Å². The van der Waals surface area contributed by atoms with Gasteiger partial charge in [0, 0.05) is 12.0 Å². The van der Waals surface area contributed by atoms with Crippen molar-refractivity contribution in [3.63, 3.8) is 0 Å². The maximum Gasteiger partial charge on any atom is 0.261 e. The first-order chi connectivity index (χ1) is 12.6. The van der Waals surface area contributed by atoms with Gasteiger partial charge in [-0.2, -0.15) is 0 Å². The first-order valence-electron chi connectivity index (χ1n) is 9.48. The topological polar surface area (TPSA) is 47.6 Å². The van der Waals surface area contributed by atoms with Crippen LogP contribution in [0.15, 0.2) is 36.4 Å². The van der Waals surface area contributed by atoms with Gasteiger partial charge in [0.25, 0.3) is 5.91 Å². The van der Waals surface area contributed by atoms with Crippen molar-refractivity contribution in [3.05, 3.63) is 58.7 Å². The zero-order chi connectivity index (χ0) is 19.8. The number of ether oxygens (including phenoxy) is 2. The molecule has 0 unspecified atom stereocenters. The highest BCUT2D eigenvalue weighted by Crippen LogP contribution is 2.39. The molecule has 2 aromatic rings. The van der Waals surface area contributed by atoms with Gasteiger partial charge in [-0.15, -0.1) is 0 Å². The lowest BCUT2D eigenvalue weighted by Gasteiger charge is -2.38. The molecule has 1 N–H and O–H groups in total. The van der Waals surface area contributed by atoms with Gasteiger partial charge in [-0.1, -0.05) is 23.8 Å². The molecule has 0 aliphatic carbocycles. The molecule has 4 nitrogen and oxygen atoms in total. The molecule has 0 radical (unpaired) electrons. The molecule has 144 valence electrons. The fourth-order valence-corrected chi connectivity index (χ4v) is 3.65. The van der Waals surface area contributed by atoms with Crippen LogP contribution in [0.5, 0.6) is 11.5 Å². The minimum Gasteiger partial charge on any atom is -0.487 e. The van der Waals surface area contributed by atoms with Crippen LogP contribution in [0.25, 0.3) is 0 Å². The molecule has 4 heteroatoms. The normalized spacial score (nSPS) is 18.8. The number of hydrogen-bond donors (Lipinski definition) is 1. The summed E-state index contributed by atoms with van der Waals surface area (Å²) in [6.45, 7) is 12.0. The van der Waals surface area contributed by atoms with Gasteiger partial charge in [-0.05, 0) is 70.9 Å². The zero-order valence-corrected chi connectivity index (χ0v) is 17.1. The third-order valence-corrected chi connectivity index (χ3v) is 4.82. The SMILES string of the molecule is Cc1cc(C)cc(O[C@H](C)C(=O)N[C@@H]2CC(C)(C)Oc3ccc(C)cc32)c1. The van der Waals surface area contributed by atoms with Crippen molar-refractivity contribution in [2.45, 2.75) is 65.7 Å². The molecule has 0 saturated heterocycles. The number of hydrogen-bond acceptors (Lipinski definition) is 3. The van der Waals surface area contributed by atoms with Crippen molar-refractivity contribution < 1.29 is 14.3 Å². The van der Waals surface area contributed by atoms with Crippen LogP contribution < -0.4 is 14.8 Å². The molecule has 0 saturated carbocycles. The third kappa shape index (κ3) is 4.62. The molecule has 3 rings (SSSR count). The molecule has 2 aromatic carbocycles. The van der Waals surface area contributed by atoms with E-state index in [0.717, 1.165) is 33.8 Å². The van der Waals surface area contributed by atoms with Crippen molar-refractivity contribution in [2.24, 2.45) is 0 Å². The number of nitrogens with one attached hydrogen (secondary N) is 1. The Morgan fingerprint density at radius 1 is 1.11 bits per heavy atom. The van der Waals surface area contributed by atoms with Crippen molar-refractivity contribution in [1.82, 2.24) is 5.32 Å². The van der Waals surface area contributed by atoms with Crippen LogP contribution in [0.4, 0.5) is 0 Å². The molecule has 0 spiro atoms. The predicted octanol–water partition coefficient (Wildman–Crippen LogP) is 4.80. The highest BCUT2D eigenvalue weighted by molar-refractivity contribution is 5.81. The number of carbonyl (C=O) groups excluding carboxylic acids is 1. The summed E-state index contributed by atoms with van der Waals surface area (Å²) in [6.07, 6.45) is 0.135. The average molecular weight is 367 g/mol. The minimum absolute atomic E-state index is 0.0959. The van der Waals surface area contributed by atoms with E-state index in [1.165, 1.54) is 0 Å². The quantitative estimate of drug-likeness (QED) is 0.844. The summed E-state index contributed by atoms with van der Waals surface area (Å²) in [5, 5.41) is 3.16. The number of aryl methyl sites for hydroxylation is 3. The molecule has 1 aliphatic rings. The van der Waals surface area contributed by atoms with Gasteiger partial charge in [0.2, 0.25) is 0 Å². The van der Waals surface area contributed by atoms with Crippen LogP contribution in [0, 0.1) is 20.8 Å². The lowest BCUT2D eigenvalue weighted by Crippen LogP contribution is -2.44. The number of rotatable bonds is 4. The lowest BCUT2D eigenvalue weighted by molar-refractivity contribution is -0.128. The van der Waals surface area contributed by atoms with Crippen LogP contribution in [-0.2, 0) is 4.79 Å². The fraction of sp³-hybridized carbons (Fsp3) is 0.435. The van der Waals surface area contributed by atoms with Gasteiger partial charge in [0.1, 0.15) is 17.1 Å². The predicted molar refractivity (Wildman–Crippen MR) is 107 cm³/mol. The van der Waals surface area contributed by atoms with Gasteiger partial charge in [0.15, 0.2) is 6.10 Å². The van der Waals surface area contributed by atoms with Crippen molar-refractivity contribution >= 4 is 5.91 Å². The highest BCUT2D eigenvalue weighted by atomic mass is 16.5. The molecule has 1 heterocycles. The van der Waals surface area contributed by atoms with Gasteiger partial charge in [-0.25, -0.2) is 0 Å². The molecule has 0 fully saturated rings. The van der Waals surface area contributed by atoms with Gasteiger partial charge in [0.05, 0.1) is 6.04 Å². The first kappa shape index (κ1) is 19.3. The second-order valence-electron chi connectivity index (χ2n) is 8.25. The summed E-state index contributed by atoms with van der Waals surface area (Å²) in [5.74, 6) is 1.44. The Balaban J connectivity index is 1.76. The van der Waals surface area contributed by atoms with E-state index in [0.29, 0.717) is 6.42 Å². The Labute approximate surface area is 161 Å². The van der Waals surface area contributed by atoms with E-state index in [1.807, 2.05) is 58.9 Å². The van der Waals surface area contributed by atoms with E-state index in [-0.39, 0.29) is 17.6 Å². The van der Waals surface area contributed by atoms with Crippen LogP contribution in [0.3, 0.4) is 0 Å². The maximum atomic E-state index is 12.8. The van der Waals surface area contributed by atoms with E-state index < -0.39 is 6.10 Å². The van der Waals surface area contributed by atoms with E-state index >= 15 is 0 Å². The Bertz CT molecular complexity index is 836. The Morgan fingerprint density at radius 2 is 1.78 bits per heavy atom. The minimum atomic E-state index is -0.578. The highest BCUT2D eigenvalue weighted by Gasteiger charge is 2.35. The maximum absolute atomic E-state index is 12.8. The molecule has 1 amide bonds. The Kier molecular flexibility index (Phi) is 5.18.